The quantitative estimate of drug-likeness (QED) is 0.271. The fraction of sp³-hybridized carbons (Fsp3) is 0.875. The van der Waals surface area contributed by atoms with Gasteiger partial charge in [-0.3, -0.25) is 0 Å². The van der Waals surface area contributed by atoms with Crippen LogP contribution >= 0.6 is 34.8 Å². The molecule has 0 aromatic rings. The van der Waals surface area contributed by atoms with Gasteiger partial charge in [-0.2, -0.15) is 0 Å². The molecule has 1 aliphatic rings. The summed E-state index contributed by atoms with van der Waals surface area (Å²) in [5, 5.41) is 11.3. The van der Waals surface area contributed by atoms with Gasteiger partial charge in [-0.15, -0.1) is 0 Å². The molecule has 1 aliphatic heterocycles. The lowest BCUT2D eigenvalue weighted by Gasteiger charge is -2.34. The number of hydrogen-bond donors (Lipinski definition) is 1. The third kappa shape index (κ3) is 3.40. The summed E-state index contributed by atoms with van der Waals surface area (Å²) in [5.74, 6) is 0. The average Bonchev–Trinajstić information content (AvgIpc) is 2.19. The Morgan fingerprint density at radius 1 is 1.50 bits per heavy atom. The standard InChI is InChI=1S/C8H11Cl3N4O/c1-4-5(14-15-13)2-3-6(16-4)7(12)8(9,10)11/h4-6,12H,2-3H2,1H3/t4-,5+,6?/m1/s1. The molecule has 0 amide bonds. The van der Waals surface area contributed by atoms with Crippen LogP contribution in [0.1, 0.15) is 19.8 Å². The van der Waals surface area contributed by atoms with E-state index in [9.17, 15) is 0 Å². The topological polar surface area (TPSA) is 81.8 Å². The molecule has 1 fully saturated rings. The second kappa shape index (κ2) is 5.43. The van der Waals surface area contributed by atoms with Gasteiger partial charge in [0.05, 0.1) is 24.0 Å². The summed E-state index contributed by atoms with van der Waals surface area (Å²) in [7, 11) is 0. The van der Waals surface area contributed by atoms with Gasteiger partial charge in [0, 0.05) is 4.91 Å². The Morgan fingerprint density at radius 3 is 2.56 bits per heavy atom. The van der Waals surface area contributed by atoms with Crippen LogP contribution in [0, 0.1) is 5.41 Å². The first kappa shape index (κ1) is 13.9. The zero-order valence-corrected chi connectivity index (χ0v) is 10.8. The zero-order valence-electron chi connectivity index (χ0n) is 8.53. The molecule has 0 spiro atoms. The molecular weight excluding hydrogens is 274 g/mol. The maximum atomic E-state index is 8.34. The molecule has 3 atom stereocenters. The van der Waals surface area contributed by atoms with E-state index in [-0.39, 0.29) is 17.9 Å². The fourth-order valence-corrected chi connectivity index (χ4v) is 1.95. The minimum Gasteiger partial charge on any atom is -0.369 e. The maximum Gasteiger partial charge on any atom is 0.230 e. The van der Waals surface area contributed by atoms with Crippen molar-refractivity contribution >= 4 is 40.5 Å². The molecule has 0 saturated carbocycles. The van der Waals surface area contributed by atoms with Gasteiger partial charge in [-0.1, -0.05) is 39.9 Å². The molecule has 5 nitrogen and oxygen atoms in total. The smallest absolute Gasteiger partial charge is 0.230 e. The number of halogens is 3. The van der Waals surface area contributed by atoms with Crippen molar-refractivity contribution in [3.63, 3.8) is 0 Å². The summed E-state index contributed by atoms with van der Waals surface area (Å²) in [5.41, 5.74) is 8.26. The summed E-state index contributed by atoms with van der Waals surface area (Å²) in [6.45, 7) is 1.77. The molecule has 1 unspecified atom stereocenters. The molecule has 16 heavy (non-hydrogen) atoms. The van der Waals surface area contributed by atoms with Gasteiger partial charge in [0.15, 0.2) is 0 Å². The predicted molar refractivity (Wildman–Crippen MR) is 64.5 cm³/mol. The highest BCUT2D eigenvalue weighted by atomic mass is 35.6. The van der Waals surface area contributed by atoms with Crippen LogP contribution in [0.4, 0.5) is 0 Å². The van der Waals surface area contributed by atoms with Gasteiger partial charge < -0.3 is 10.1 Å². The Kier molecular flexibility index (Phi) is 4.71. The third-order valence-electron chi connectivity index (χ3n) is 2.47. The van der Waals surface area contributed by atoms with Crippen molar-refractivity contribution in [1.29, 1.82) is 5.41 Å². The third-order valence-corrected chi connectivity index (χ3v) is 3.08. The number of ether oxygens (including phenoxy) is 1. The lowest BCUT2D eigenvalue weighted by atomic mass is 9.98. The molecule has 0 radical (unpaired) electrons. The predicted octanol–water partition coefficient (Wildman–Crippen LogP) is 3.62. The maximum absolute atomic E-state index is 8.34. The van der Waals surface area contributed by atoms with E-state index in [1.807, 2.05) is 0 Å². The van der Waals surface area contributed by atoms with Gasteiger partial charge in [0.25, 0.3) is 0 Å². The first-order valence-corrected chi connectivity index (χ1v) is 5.85. The van der Waals surface area contributed by atoms with Crippen LogP contribution in [0.25, 0.3) is 10.4 Å². The fourth-order valence-electron chi connectivity index (χ4n) is 1.59. The Hall–Kier alpha value is -0.190. The van der Waals surface area contributed by atoms with Crippen molar-refractivity contribution in [3.8, 4) is 0 Å². The lowest BCUT2D eigenvalue weighted by Crippen LogP contribution is -2.43. The lowest BCUT2D eigenvalue weighted by molar-refractivity contribution is -0.0177. The molecule has 8 heteroatoms. The van der Waals surface area contributed by atoms with Crippen LogP contribution in [0.15, 0.2) is 5.11 Å². The van der Waals surface area contributed by atoms with E-state index in [4.69, 9.17) is 50.5 Å². The van der Waals surface area contributed by atoms with Gasteiger partial charge >= 0.3 is 0 Å². The summed E-state index contributed by atoms with van der Waals surface area (Å²) < 4.78 is 3.76. The normalized spacial score (nSPS) is 30.6. The van der Waals surface area contributed by atoms with E-state index in [0.717, 1.165) is 0 Å². The molecule has 1 saturated heterocycles. The van der Waals surface area contributed by atoms with Crippen molar-refractivity contribution in [2.45, 2.75) is 41.8 Å². The highest BCUT2D eigenvalue weighted by Crippen LogP contribution is 2.33. The van der Waals surface area contributed by atoms with Crippen LogP contribution < -0.4 is 0 Å². The minimum atomic E-state index is -1.74. The van der Waals surface area contributed by atoms with Crippen LogP contribution in [0.3, 0.4) is 0 Å². The van der Waals surface area contributed by atoms with E-state index >= 15 is 0 Å². The zero-order chi connectivity index (χ0) is 12.3. The van der Waals surface area contributed by atoms with Gasteiger partial charge in [-0.25, -0.2) is 0 Å². The van der Waals surface area contributed by atoms with Crippen molar-refractivity contribution < 1.29 is 4.74 Å². The highest BCUT2D eigenvalue weighted by molar-refractivity contribution is 6.76. The Labute approximate surface area is 108 Å². The highest BCUT2D eigenvalue weighted by Gasteiger charge is 2.37. The summed E-state index contributed by atoms with van der Waals surface area (Å²) in [6.07, 6.45) is 0.342. The van der Waals surface area contributed by atoms with Crippen LogP contribution in [0.2, 0.25) is 0 Å². The van der Waals surface area contributed by atoms with Crippen LogP contribution in [-0.2, 0) is 4.74 Å². The summed E-state index contributed by atoms with van der Waals surface area (Å²) >= 11 is 16.8. The van der Waals surface area contributed by atoms with Gasteiger partial charge in [0.2, 0.25) is 3.79 Å². The van der Waals surface area contributed by atoms with Crippen LogP contribution in [-0.4, -0.2) is 27.8 Å². The minimum absolute atomic E-state index is 0.0799. The van der Waals surface area contributed by atoms with E-state index in [2.05, 4.69) is 10.0 Å². The Balaban J connectivity index is 2.65. The molecule has 0 aromatic carbocycles. The van der Waals surface area contributed by atoms with E-state index in [0.29, 0.717) is 12.8 Å². The second-order valence-electron chi connectivity index (χ2n) is 3.59. The summed E-state index contributed by atoms with van der Waals surface area (Å²) in [4.78, 5) is 2.74. The first-order valence-electron chi connectivity index (χ1n) is 4.71. The molecule has 1 rings (SSSR count). The molecule has 1 N–H and O–H groups in total. The summed E-state index contributed by atoms with van der Waals surface area (Å²) in [6, 6.07) is -0.218. The Morgan fingerprint density at radius 2 is 2.12 bits per heavy atom. The number of nitrogens with one attached hydrogen (secondary N) is 1. The van der Waals surface area contributed by atoms with E-state index < -0.39 is 9.90 Å². The Bertz CT molecular complexity index is 324. The van der Waals surface area contributed by atoms with Crippen molar-refractivity contribution in [1.82, 2.24) is 0 Å². The SMILES string of the molecule is C[C@H]1OC(C(=N)C(Cl)(Cl)Cl)CC[C@@H]1N=[N+]=[N-]. The number of azide groups is 1. The second-order valence-corrected chi connectivity index (χ2v) is 5.87. The number of rotatable bonds is 2. The number of alkyl halides is 3. The molecule has 0 aromatic heterocycles. The monoisotopic (exact) mass is 284 g/mol. The largest absolute Gasteiger partial charge is 0.369 e. The van der Waals surface area contributed by atoms with E-state index in [1.165, 1.54) is 0 Å². The van der Waals surface area contributed by atoms with Crippen molar-refractivity contribution in [3.05, 3.63) is 10.4 Å². The molecule has 1 heterocycles. The van der Waals surface area contributed by atoms with Crippen molar-refractivity contribution in [2.75, 3.05) is 0 Å². The molecule has 0 bridgehead atoms. The van der Waals surface area contributed by atoms with Crippen LogP contribution in [0.5, 0.6) is 0 Å². The first-order chi connectivity index (χ1) is 7.36. The average molecular weight is 286 g/mol. The number of nitrogens with zero attached hydrogens (tertiary/aromatic N) is 3. The van der Waals surface area contributed by atoms with E-state index in [1.54, 1.807) is 6.92 Å². The van der Waals surface area contributed by atoms with Crippen molar-refractivity contribution in [2.24, 2.45) is 5.11 Å². The molecular formula is C8H11Cl3N4O. The molecule has 90 valence electrons. The van der Waals surface area contributed by atoms with Gasteiger partial charge in [0.1, 0.15) is 0 Å². The van der Waals surface area contributed by atoms with Gasteiger partial charge in [-0.05, 0) is 25.3 Å². The number of hydrogen-bond acceptors (Lipinski definition) is 3. The molecule has 0 aliphatic carbocycles.